The van der Waals surface area contributed by atoms with E-state index in [0.29, 0.717) is 36.7 Å². The molecule has 1 saturated carbocycles. The van der Waals surface area contributed by atoms with Crippen LogP contribution in [0.5, 0.6) is 5.88 Å². The first kappa shape index (κ1) is 26.8. The lowest BCUT2D eigenvalue weighted by atomic mass is 10.00. The molecule has 0 saturated heterocycles. The maximum Gasteiger partial charge on any atom is 0.317 e. The molecule has 3 rings (SSSR count). The second-order valence-electron chi connectivity index (χ2n) is 9.97. The van der Waals surface area contributed by atoms with Gasteiger partial charge in [-0.25, -0.2) is 9.78 Å². The van der Waals surface area contributed by atoms with E-state index in [0.717, 1.165) is 12.8 Å². The van der Waals surface area contributed by atoms with Crippen molar-refractivity contribution in [2.75, 3.05) is 33.3 Å². The molecule has 3 amide bonds. The number of hydrogen-bond donors (Lipinski definition) is 2. The number of likely N-dealkylation sites (N-methyl/N-ethyl adjacent to an activating group) is 1. The molecule has 3 atom stereocenters. The predicted octanol–water partition coefficient (Wildman–Crippen LogP) is 3.28. The minimum absolute atomic E-state index is 0.0878. The molecule has 0 aromatic carbocycles. The van der Waals surface area contributed by atoms with Crippen LogP contribution in [0.2, 0.25) is 0 Å². The van der Waals surface area contributed by atoms with Gasteiger partial charge in [-0.2, -0.15) is 0 Å². The number of aliphatic hydroxyl groups is 1. The van der Waals surface area contributed by atoms with Crippen molar-refractivity contribution in [1.29, 1.82) is 0 Å². The second kappa shape index (κ2) is 12.8. The number of fused-ring (bicyclic) bond motifs is 1. The summed E-state index contributed by atoms with van der Waals surface area (Å²) in [5, 5.41) is 12.7. The Morgan fingerprint density at radius 3 is 2.83 bits per heavy atom. The van der Waals surface area contributed by atoms with Gasteiger partial charge in [0.05, 0.1) is 19.2 Å². The van der Waals surface area contributed by atoms with Crippen LogP contribution in [-0.2, 0) is 0 Å². The van der Waals surface area contributed by atoms with Crippen molar-refractivity contribution in [3.05, 3.63) is 23.4 Å². The molecule has 0 bridgehead atoms. The van der Waals surface area contributed by atoms with Crippen LogP contribution in [0.25, 0.3) is 0 Å². The minimum atomic E-state index is -0.376. The van der Waals surface area contributed by atoms with E-state index >= 15 is 0 Å². The van der Waals surface area contributed by atoms with Gasteiger partial charge in [0.15, 0.2) is 0 Å². The van der Waals surface area contributed by atoms with E-state index in [1.165, 1.54) is 25.7 Å². The highest BCUT2D eigenvalue weighted by molar-refractivity contribution is 5.97. The first-order valence-corrected chi connectivity index (χ1v) is 12.9. The number of rotatable bonds is 7. The quantitative estimate of drug-likeness (QED) is 0.579. The summed E-state index contributed by atoms with van der Waals surface area (Å²) >= 11 is 0. The number of nitrogens with zero attached hydrogens (tertiary/aromatic N) is 3. The largest absolute Gasteiger partial charge is 0.472 e. The molecule has 0 unspecified atom stereocenters. The van der Waals surface area contributed by atoms with Crippen molar-refractivity contribution in [2.45, 2.75) is 71.4 Å². The molecule has 2 N–H and O–H groups in total. The van der Waals surface area contributed by atoms with Crippen LogP contribution in [0, 0.1) is 23.7 Å². The number of urea groups is 1. The summed E-state index contributed by atoms with van der Waals surface area (Å²) in [4.78, 5) is 33.7. The molecule has 0 radical (unpaired) electrons. The molecule has 1 fully saturated rings. The van der Waals surface area contributed by atoms with Gasteiger partial charge in [0, 0.05) is 44.2 Å². The number of hydrogen-bond acceptors (Lipinski definition) is 5. The van der Waals surface area contributed by atoms with Gasteiger partial charge in [-0.15, -0.1) is 0 Å². The topological polar surface area (TPSA) is 95.0 Å². The van der Waals surface area contributed by atoms with Gasteiger partial charge in [-0.1, -0.05) is 38.5 Å². The van der Waals surface area contributed by atoms with Crippen molar-refractivity contribution >= 4 is 11.9 Å². The SMILES string of the molecule is CCCNC(=O)N(C)C[C@H]1Oc2ncc(C#CCC3CCCC3)cc2C(=O)N([C@@H](C)CO)C[C@@H]1C. The van der Waals surface area contributed by atoms with E-state index in [-0.39, 0.29) is 42.5 Å². The lowest BCUT2D eigenvalue weighted by Crippen LogP contribution is -2.51. The standard InChI is InChI=1S/C27H40N4O4/c1-5-13-28-27(34)30(4)17-24-19(2)16-31(20(3)18-32)26(33)23-14-22(15-29-25(23)35-24)12-8-11-21-9-6-7-10-21/h14-15,19-21,24,32H,5-7,9-11,13,16-18H2,1-4H3,(H,28,34)/t19-,20-,24+/m0/s1. The van der Waals surface area contributed by atoms with Crippen LogP contribution in [-0.4, -0.2) is 77.3 Å². The first-order chi connectivity index (χ1) is 16.8. The van der Waals surface area contributed by atoms with E-state index < -0.39 is 0 Å². The van der Waals surface area contributed by atoms with Crippen molar-refractivity contribution in [1.82, 2.24) is 20.1 Å². The minimum Gasteiger partial charge on any atom is -0.472 e. The zero-order chi connectivity index (χ0) is 25.4. The summed E-state index contributed by atoms with van der Waals surface area (Å²) in [6.45, 7) is 7.01. The Morgan fingerprint density at radius 2 is 2.14 bits per heavy atom. The summed E-state index contributed by atoms with van der Waals surface area (Å²) in [6, 6.07) is 1.22. The van der Waals surface area contributed by atoms with Crippen molar-refractivity contribution in [2.24, 2.45) is 11.8 Å². The van der Waals surface area contributed by atoms with Gasteiger partial charge in [0.2, 0.25) is 5.88 Å². The second-order valence-corrected chi connectivity index (χ2v) is 9.97. The molecule has 8 nitrogen and oxygen atoms in total. The Hall–Kier alpha value is -2.79. The van der Waals surface area contributed by atoms with Crippen molar-refractivity contribution in [3.8, 4) is 17.7 Å². The zero-order valence-electron chi connectivity index (χ0n) is 21.5. The molecule has 192 valence electrons. The summed E-state index contributed by atoms with van der Waals surface area (Å²) in [7, 11) is 1.73. The Bertz CT molecular complexity index is 935. The summed E-state index contributed by atoms with van der Waals surface area (Å²) < 4.78 is 6.26. The molecular weight excluding hydrogens is 444 g/mol. The lowest BCUT2D eigenvalue weighted by molar-refractivity contribution is 0.0352. The van der Waals surface area contributed by atoms with Crippen LogP contribution in [0.15, 0.2) is 12.3 Å². The highest BCUT2D eigenvalue weighted by atomic mass is 16.5. The number of carbonyl (C=O) groups is 2. The Morgan fingerprint density at radius 1 is 1.40 bits per heavy atom. The average Bonchev–Trinajstić information content (AvgIpc) is 3.37. The lowest BCUT2D eigenvalue weighted by Gasteiger charge is -2.37. The highest BCUT2D eigenvalue weighted by Gasteiger charge is 2.34. The van der Waals surface area contributed by atoms with E-state index in [1.54, 1.807) is 29.1 Å². The summed E-state index contributed by atoms with van der Waals surface area (Å²) in [6.07, 6.45) is 8.04. The maximum absolute atomic E-state index is 13.5. The normalized spacial score (nSPS) is 21.2. The number of pyridine rings is 1. The molecule has 2 heterocycles. The van der Waals surface area contributed by atoms with Gasteiger partial charge in [-0.3, -0.25) is 4.79 Å². The van der Waals surface area contributed by atoms with Gasteiger partial charge in [-0.05, 0) is 38.2 Å². The number of ether oxygens (including phenoxy) is 1. The molecule has 35 heavy (non-hydrogen) atoms. The average molecular weight is 485 g/mol. The van der Waals surface area contributed by atoms with E-state index in [2.05, 4.69) is 22.1 Å². The summed E-state index contributed by atoms with van der Waals surface area (Å²) in [5.74, 6) is 7.03. The van der Waals surface area contributed by atoms with Crippen LogP contribution in [0.1, 0.15) is 75.2 Å². The van der Waals surface area contributed by atoms with Crippen molar-refractivity contribution < 1.29 is 19.4 Å². The van der Waals surface area contributed by atoms with Crippen LogP contribution < -0.4 is 10.1 Å². The third-order valence-corrected chi connectivity index (χ3v) is 6.95. The number of aromatic nitrogens is 1. The van der Waals surface area contributed by atoms with Crippen LogP contribution in [0.3, 0.4) is 0 Å². The Kier molecular flexibility index (Phi) is 9.79. The maximum atomic E-state index is 13.5. The number of nitrogens with one attached hydrogen (secondary N) is 1. The van der Waals surface area contributed by atoms with Crippen LogP contribution in [0.4, 0.5) is 4.79 Å². The third kappa shape index (κ3) is 7.11. The molecule has 1 aliphatic heterocycles. The van der Waals surface area contributed by atoms with Crippen LogP contribution >= 0.6 is 0 Å². The van der Waals surface area contributed by atoms with Gasteiger partial charge in [0.25, 0.3) is 5.91 Å². The van der Waals surface area contributed by atoms with E-state index in [9.17, 15) is 14.7 Å². The number of amides is 3. The Balaban J connectivity index is 1.86. The number of aliphatic hydroxyl groups excluding tert-OH is 1. The van der Waals surface area contributed by atoms with Gasteiger partial charge < -0.3 is 25.0 Å². The molecule has 1 aromatic heterocycles. The fourth-order valence-electron chi connectivity index (χ4n) is 4.62. The zero-order valence-corrected chi connectivity index (χ0v) is 21.5. The van der Waals surface area contributed by atoms with Gasteiger partial charge >= 0.3 is 6.03 Å². The fourth-order valence-corrected chi connectivity index (χ4v) is 4.62. The first-order valence-electron chi connectivity index (χ1n) is 12.9. The Labute approximate surface area is 209 Å². The van der Waals surface area contributed by atoms with E-state index in [1.807, 2.05) is 20.8 Å². The molecule has 2 aliphatic rings. The summed E-state index contributed by atoms with van der Waals surface area (Å²) in [5.41, 5.74) is 1.02. The molecule has 1 aliphatic carbocycles. The molecule has 8 heteroatoms. The van der Waals surface area contributed by atoms with Crippen molar-refractivity contribution in [3.63, 3.8) is 0 Å². The fraction of sp³-hybridized carbons (Fsp3) is 0.667. The van der Waals surface area contributed by atoms with E-state index in [4.69, 9.17) is 4.74 Å². The number of carbonyl (C=O) groups excluding carboxylic acids is 2. The van der Waals surface area contributed by atoms with Gasteiger partial charge in [0.1, 0.15) is 11.7 Å². The smallest absolute Gasteiger partial charge is 0.317 e. The molecule has 0 spiro atoms. The monoisotopic (exact) mass is 484 g/mol. The third-order valence-electron chi connectivity index (χ3n) is 6.95. The molecular formula is C27H40N4O4. The highest BCUT2D eigenvalue weighted by Crippen LogP contribution is 2.28. The molecule has 1 aromatic rings. The predicted molar refractivity (Wildman–Crippen MR) is 135 cm³/mol.